The van der Waals surface area contributed by atoms with Gasteiger partial charge in [-0.05, 0) is 62.4 Å². The van der Waals surface area contributed by atoms with Crippen molar-refractivity contribution in [2.45, 2.75) is 19.9 Å². The van der Waals surface area contributed by atoms with Gasteiger partial charge in [-0.25, -0.2) is 9.78 Å². The van der Waals surface area contributed by atoms with Crippen LogP contribution < -0.4 is 10.2 Å². The van der Waals surface area contributed by atoms with E-state index in [-0.39, 0.29) is 29.3 Å². The van der Waals surface area contributed by atoms with Gasteiger partial charge in [-0.2, -0.15) is 0 Å². The average Bonchev–Trinajstić information content (AvgIpc) is 2.74. The normalized spacial score (nSPS) is 10.5. The summed E-state index contributed by atoms with van der Waals surface area (Å²) in [5, 5.41) is 3.58. The van der Waals surface area contributed by atoms with E-state index in [9.17, 15) is 9.59 Å². The molecule has 154 valence electrons. The minimum absolute atomic E-state index is 0.110. The Bertz CT molecular complexity index is 990. The van der Waals surface area contributed by atoms with Crippen molar-refractivity contribution in [3.63, 3.8) is 0 Å². The standard InChI is InChI=1S/C23H22ClN3O3/c1-16(2)27(22(28)15-30-23(29)17-8-13-21(24)25-14-17)20-11-9-19(10-12-20)26-18-6-4-3-5-7-18/h3-14,16,26H,15H2,1-2H3. The molecule has 0 aliphatic rings. The Morgan fingerprint density at radius 1 is 1.00 bits per heavy atom. The molecule has 1 N–H and O–H groups in total. The molecule has 0 aliphatic carbocycles. The highest BCUT2D eigenvalue weighted by atomic mass is 35.5. The molecule has 0 bridgehead atoms. The van der Waals surface area contributed by atoms with E-state index in [1.54, 1.807) is 4.90 Å². The van der Waals surface area contributed by atoms with Gasteiger partial charge in [0, 0.05) is 29.3 Å². The van der Waals surface area contributed by atoms with Gasteiger partial charge in [0.05, 0.1) is 5.56 Å². The lowest BCUT2D eigenvalue weighted by molar-refractivity contribution is -0.122. The van der Waals surface area contributed by atoms with Crippen molar-refractivity contribution in [2.75, 3.05) is 16.8 Å². The molecular weight excluding hydrogens is 402 g/mol. The first-order valence-corrected chi connectivity index (χ1v) is 9.84. The number of carbonyl (C=O) groups excluding carboxylic acids is 2. The maximum absolute atomic E-state index is 12.7. The van der Waals surface area contributed by atoms with E-state index in [0.29, 0.717) is 0 Å². The van der Waals surface area contributed by atoms with Gasteiger partial charge in [-0.3, -0.25) is 4.79 Å². The molecule has 0 spiro atoms. The molecule has 0 aliphatic heterocycles. The summed E-state index contributed by atoms with van der Waals surface area (Å²) in [7, 11) is 0. The zero-order valence-electron chi connectivity index (χ0n) is 16.7. The van der Waals surface area contributed by atoms with E-state index in [4.69, 9.17) is 16.3 Å². The topological polar surface area (TPSA) is 71.5 Å². The first-order chi connectivity index (χ1) is 14.4. The van der Waals surface area contributed by atoms with Crippen LogP contribution in [0.5, 0.6) is 0 Å². The highest BCUT2D eigenvalue weighted by Crippen LogP contribution is 2.23. The number of benzene rings is 2. The van der Waals surface area contributed by atoms with Gasteiger partial charge in [-0.1, -0.05) is 29.8 Å². The number of halogens is 1. The lowest BCUT2D eigenvalue weighted by Crippen LogP contribution is -2.39. The fourth-order valence-corrected chi connectivity index (χ4v) is 3.01. The molecule has 30 heavy (non-hydrogen) atoms. The number of nitrogens with zero attached hydrogens (tertiary/aromatic N) is 2. The second-order valence-corrected chi connectivity index (χ2v) is 7.23. The first kappa shape index (κ1) is 21.3. The molecule has 6 nitrogen and oxygen atoms in total. The van der Waals surface area contributed by atoms with Gasteiger partial charge in [-0.15, -0.1) is 0 Å². The fourth-order valence-electron chi connectivity index (χ4n) is 2.90. The molecule has 1 aromatic heterocycles. The quantitative estimate of drug-likeness (QED) is 0.424. The predicted octanol–water partition coefficient (Wildman–Crippen LogP) is 5.08. The second kappa shape index (κ2) is 9.89. The average molecular weight is 424 g/mol. The molecule has 0 saturated heterocycles. The van der Waals surface area contributed by atoms with Crippen LogP contribution in [0.3, 0.4) is 0 Å². The van der Waals surface area contributed by atoms with Gasteiger partial charge in [0.15, 0.2) is 6.61 Å². The van der Waals surface area contributed by atoms with Crippen molar-refractivity contribution in [2.24, 2.45) is 0 Å². The van der Waals surface area contributed by atoms with Gasteiger partial charge in [0.1, 0.15) is 5.15 Å². The summed E-state index contributed by atoms with van der Waals surface area (Å²) in [5.41, 5.74) is 2.84. The van der Waals surface area contributed by atoms with Crippen LogP contribution in [-0.4, -0.2) is 29.5 Å². The van der Waals surface area contributed by atoms with Gasteiger partial charge in [0.2, 0.25) is 0 Å². The Morgan fingerprint density at radius 2 is 1.67 bits per heavy atom. The number of rotatable bonds is 7. The van der Waals surface area contributed by atoms with Crippen LogP contribution in [0, 0.1) is 0 Å². The van der Waals surface area contributed by atoms with Crippen LogP contribution in [0.2, 0.25) is 5.15 Å². The molecule has 1 amide bonds. The lowest BCUT2D eigenvalue weighted by Gasteiger charge is -2.27. The molecular formula is C23H22ClN3O3. The molecule has 0 atom stereocenters. The highest BCUT2D eigenvalue weighted by Gasteiger charge is 2.21. The Labute approximate surface area is 180 Å². The third kappa shape index (κ3) is 5.58. The summed E-state index contributed by atoms with van der Waals surface area (Å²) >= 11 is 5.72. The van der Waals surface area contributed by atoms with Gasteiger partial charge >= 0.3 is 5.97 Å². The SMILES string of the molecule is CC(C)N(C(=O)COC(=O)c1ccc(Cl)nc1)c1ccc(Nc2ccccc2)cc1. The number of hydrogen-bond donors (Lipinski definition) is 1. The lowest BCUT2D eigenvalue weighted by atomic mass is 10.2. The number of anilines is 3. The van der Waals surface area contributed by atoms with Crippen LogP contribution >= 0.6 is 11.6 Å². The third-order valence-electron chi connectivity index (χ3n) is 4.28. The third-order valence-corrected chi connectivity index (χ3v) is 4.51. The number of esters is 1. The molecule has 2 aromatic carbocycles. The van der Waals surface area contributed by atoms with Crippen molar-refractivity contribution < 1.29 is 14.3 Å². The minimum atomic E-state index is -0.626. The fraction of sp³-hybridized carbons (Fsp3) is 0.174. The maximum atomic E-state index is 12.7. The number of pyridine rings is 1. The Balaban J connectivity index is 1.65. The number of nitrogens with one attached hydrogen (secondary N) is 1. The van der Waals surface area contributed by atoms with Crippen LogP contribution in [0.25, 0.3) is 0 Å². The largest absolute Gasteiger partial charge is 0.452 e. The van der Waals surface area contributed by atoms with Crippen molar-refractivity contribution in [1.82, 2.24) is 4.98 Å². The monoisotopic (exact) mass is 423 g/mol. The van der Waals surface area contributed by atoms with E-state index in [1.165, 1.54) is 18.3 Å². The molecule has 0 fully saturated rings. The van der Waals surface area contributed by atoms with Crippen molar-refractivity contribution in [1.29, 1.82) is 0 Å². The van der Waals surface area contributed by atoms with E-state index in [1.807, 2.05) is 68.4 Å². The summed E-state index contributed by atoms with van der Waals surface area (Å²) < 4.78 is 5.16. The highest BCUT2D eigenvalue weighted by molar-refractivity contribution is 6.29. The summed E-state index contributed by atoms with van der Waals surface area (Å²) in [5.74, 6) is -0.942. The summed E-state index contributed by atoms with van der Waals surface area (Å²) in [6.45, 7) is 3.43. The molecule has 7 heteroatoms. The number of ether oxygens (including phenoxy) is 1. The Morgan fingerprint density at radius 3 is 2.27 bits per heavy atom. The van der Waals surface area contributed by atoms with Crippen LogP contribution in [0.15, 0.2) is 72.9 Å². The zero-order valence-corrected chi connectivity index (χ0v) is 17.5. The number of para-hydroxylation sites is 1. The Kier molecular flexibility index (Phi) is 7.03. The molecule has 0 saturated carbocycles. The molecule has 3 rings (SSSR count). The number of hydrogen-bond acceptors (Lipinski definition) is 5. The van der Waals surface area contributed by atoms with Gasteiger partial charge in [0.25, 0.3) is 5.91 Å². The van der Waals surface area contributed by atoms with Crippen molar-refractivity contribution in [3.8, 4) is 0 Å². The number of carbonyl (C=O) groups is 2. The maximum Gasteiger partial charge on any atom is 0.340 e. The summed E-state index contributed by atoms with van der Waals surface area (Å²) in [4.78, 5) is 30.3. The molecule has 0 unspecified atom stereocenters. The zero-order chi connectivity index (χ0) is 21.5. The van der Waals surface area contributed by atoms with E-state index < -0.39 is 5.97 Å². The minimum Gasteiger partial charge on any atom is -0.452 e. The van der Waals surface area contributed by atoms with Crippen molar-refractivity contribution >= 4 is 40.5 Å². The van der Waals surface area contributed by atoms with E-state index in [2.05, 4.69) is 10.3 Å². The van der Waals surface area contributed by atoms with Crippen molar-refractivity contribution in [3.05, 3.63) is 83.6 Å². The van der Waals surface area contributed by atoms with Gasteiger partial charge < -0.3 is 15.0 Å². The molecule has 3 aromatic rings. The molecule has 1 heterocycles. The number of amides is 1. The number of aromatic nitrogens is 1. The van der Waals surface area contributed by atoms with Crippen LogP contribution in [0.4, 0.5) is 17.1 Å². The van der Waals surface area contributed by atoms with Crippen LogP contribution in [0.1, 0.15) is 24.2 Å². The van der Waals surface area contributed by atoms with Crippen LogP contribution in [-0.2, 0) is 9.53 Å². The first-order valence-electron chi connectivity index (χ1n) is 9.47. The smallest absolute Gasteiger partial charge is 0.340 e. The summed E-state index contributed by atoms with van der Waals surface area (Å²) in [6.07, 6.45) is 1.31. The summed E-state index contributed by atoms with van der Waals surface area (Å²) in [6, 6.07) is 20.2. The second-order valence-electron chi connectivity index (χ2n) is 6.84. The predicted molar refractivity (Wildman–Crippen MR) is 118 cm³/mol. The Hall–Kier alpha value is -3.38. The van der Waals surface area contributed by atoms with E-state index >= 15 is 0 Å². The molecule has 0 radical (unpaired) electrons. The van der Waals surface area contributed by atoms with E-state index in [0.717, 1.165) is 17.1 Å².